The number of unbranched alkanes of at least 4 members (excludes halogenated alkanes) is 5. The molecule has 0 aromatic rings. The lowest BCUT2D eigenvalue weighted by Gasteiger charge is -2.39. The van der Waals surface area contributed by atoms with Gasteiger partial charge in [-0.3, -0.25) is 0 Å². The molecule has 1 heterocycles. The van der Waals surface area contributed by atoms with E-state index < -0.39 is 8.32 Å². The summed E-state index contributed by atoms with van der Waals surface area (Å²) in [7, 11) is -1.79. The summed E-state index contributed by atoms with van der Waals surface area (Å²) in [6.07, 6.45) is 14.0. The van der Waals surface area contributed by atoms with Gasteiger partial charge in [-0.15, -0.1) is 0 Å². The molecule has 1 aliphatic heterocycles. The first-order valence-corrected chi connectivity index (χ1v) is 15.3. The van der Waals surface area contributed by atoms with Crippen molar-refractivity contribution in [1.82, 2.24) is 0 Å². The van der Waals surface area contributed by atoms with Gasteiger partial charge in [-0.25, -0.2) is 0 Å². The third-order valence-corrected chi connectivity index (χ3v) is 13.0. The van der Waals surface area contributed by atoms with Crippen LogP contribution in [0.25, 0.3) is 0 Å². The first-order valence-electron chi connectivity index (χ1n) is 11.1. The van der Waals surface area contributed by atoms with Crippen molar-refractivity contribution >= 4 is 30.9 Å². The molecule has 0 spiro atoms. The summed E-state index contributed by atoms with van der Waals surface area (Å²) in [4.78, 5) is 0. The smallest absolute Gasteiger partial charge is 0.195 e. The lowest BCUT2D eigenvalue weighted by molar-refractivity contribution is -0.101. The second-order valence-corrected chi connectivity index (χ2v) is 16.5. The van der Waals surface area contributed by atoms with Gasteiger partial charge in [0.2, 0.25) is 0 Å². The predicted molar refractivity (Wildman–Crippen MR) is 124 cm³/mol. The molecule has 0 amide bonds. The van der Waals surface area contributed by atoms with Gasteiger partial charge in [0.1, 0.15) is 0 Å². The van der Waals surface area contributed by atoms with Crippen molar-refractivity contribution in [2.45, 2.75) is 126 Å². The predicted octanol–water partition coefficient (Wildman–Crippen LogP) is 7.70. The molecule has 0 radical (unpaired) electrons. The highest BCUT2D eigenvalue weighted by Gasteiger charge is 2.51. The van der Waals surface area contributed by atoms with Crippen LogP contribution in [0.4, 0.5) is 0 Å². The summed E-state index contributed by atoms with van der Waals surface area (Å²) >= 11 is 2.71. The van der Waals surface area contributed by atoms with Crippen molar-refractivity contribution in [2.75, 3.05) is 0 Å². The number of fused-ring (bicyclic) bond motifs is 1. The van der Waals surface area contributed by atoms with Gasteiger partial charge in [0, 0.05) is 15.8 Å². The highest BCUT2D eigenvalue weighted by molar-refractivity contribution is 14.1. The van der Waals surface area contributed by atoms with Gasteiger partial charge >= 0.3 is 0 Å². The molecule has 1 saturated carbocycles. The standard InChI is InChI=1S/C22H43IO2Si/c1-7-8-9-10-11-12-14-17-20-18(23)15-13-16-19(20)24-21(17)25-26(5,6)22(2,3)4/h17-21H,7-16H2,1-6H3. The van der Waals surface area contributed by atoms with Crippen LogP contribution in [-0.4, -0.2) is 24.6 Å². The lowest BCUT2D eigenvalue weighted by atomic mass is 9.78. The van der Waals surface area contributed by atoms with Crippen molar-refractivity contribution in [3.63, 3.8) is 0 Å². The van der Waals surface area contributed by atoms with E-state index in [9.17, 15) is 0 Å². The van der Waals surface area contributed by atoms with Crippen LogP contribution in [-0.2, 0) is 9.16 Å². The molecule has 2 nitrogen and oxygen atoms in total. The fourth-order valence-corrected chi connectivity index (χ4v) is 6.96. The lowest BCUT2D eigenvalue weighted by Crippen LogP contribution is -2.45. The van der Waals surface area contributed by atoms with Crippen molar-refractivity contribution in [1.29, 1.82) is 0 Å². The Hall–Kier alpha value is 0.867. The van der Waals surface area contributed by atoms with E-state index >= 15 is 0 Å². The molecule has 1 saturated heterocycles. The maximum atomic E-state index is 6.83. The Morgan fingerprint density at radius 2 is 1.69 bits per heavy atom. The highest BCUT2D eigenvalue weighted by Crippen LogP contribution is 2.49. The van der Waals surface area contributed by atoms with Gasteiger partial charge < -0.3 is 9.16 Å². The van der Waals surface area contributed by atoms with Crippen molar-refractivity contribution in [2.24, 2.45) is 11.8 Å². The van der Waals surface area contributed by atoms with E-state index in [1.54, 1.807) is 0 Å². The quantitative estimate of drug-likeness (QED) is 0.141. The van der Waals surface area contributed by atoms with Crippen LogP contribution in [0.15, 0.2) is 0 Å². The molecule has 0 aromatic heterocycles. The van der Waals surface area contributed by atoms with Crippen LogP contribution >= 0.6 is 22.6 Å². The molecule has 2 aliphatic rings. The Balaban J connectivity index is 1.99. The summed E-state index contributed by atoms with van der Waals surface area (Å²) in [5, 5.41) is 0.249. The maximum absolute atomic E-state index is 6.83. The Labute approximate surface area is 177 Å². The average Bonchev–Trinajstić information content (AvgIpc) is 2.87. The van der Waals surface area contributed by atoms with E-state index in [4.69, 9.17) is 9.16 Å². The van der Waals surface area contributed by atoms with Crippen molar-refractivity contribution < 1.29 is 9.16 Å². The van der Waals surface area contributed by atoms with Gasteiger partial charge in [0.15, 0.2) is 14.6 Å². The topological polar surface area (TPSA) is 18.5 Å². The monoisotopic (exact) mass is 494 g/mol. The Bertz CT molecular complexity index is 421. The first kappa shape index (κ1) is 23.1. The number of rotatable bonds is 9. The zero-order valence-corrected chi connectivity index (χ0v) is 21.3. The maximum Gasteiger partial charge on any atom is 0.195 e. The van der Waals surface area contributed by atoms with Crippen LogP contribution in [0.5, 0.6) is 0 Å². The van der Waals surface area contributed by atoms with E-state index in [2.05, 4.69) is 63.4 Å². The van der Waals surface area contributed by atoms with E-state index in [0.29, 0.717) is 12.0 Å². The Morgan fingerprint density at radius 1 is 1.04 bits per heavy atom. The number of hydrogen-bond donors (Lipinski definition) is 0. The molecule has 0 bridgehead atoms. The average molecular weight is 495 g/mol. The molecule has 2 fully saturated rings. The van der Waals surface area contributed by atoms with E-state index in [-0.39, 0.29) is 11.3 Å². The molecule has 0 aromatic carbocycles. The van der Waals surface area contributed by atoms with Gasteiger partial charge in [0.05, 0.1) is 6.10 Å². The zero-order chi connectivity index (χ0) is 19.4. The molecule has 26 heavy (non-hydrogen) atoms. The van der Waals surface area contributed by atoms with Gasteiger partial charge in [-0.1, -0.05) is 88.8 Å². The molecule has 5 unspecified atom stereocenters. The second kappa shape index (κ2) is 10.1. The first-order chi connectivity index (χ1) is 12.2. The summed E-state index contributed by atoms with van der Waals surface area (Å²) in [6.45, 7) is 14.1. The molecular weight excluding hydrogens is 451 g/mol. The molecule has 154 valence electrons. The highest BCUT2D eigenvalue weighted by atomic mass is 127. The number of ether oxygens (including phenoxy) is 1. The van der Waals surface area contributed by atoms with E-state index in [0.717, 1.165) is 9.84 Å². The Morgan fingerprint density at radius 3 is 2.35 bits per heavy atom. The SMILES string of the molecule is CCCCCCCCC1C(O[Si](C)(C)C(C)(C)C)OC2CCCC(I)C21. The molecule has 4 heteroatoms. The number of hydrogen-bond acceptors (Lipinski definition) is 2. The zero-order valence-electron chi connectivity index (χ0n) is 18.2. The van der Waals surface area contributed by atoms with Crippen molar-refractivity contribution in [3.05, 3.63) is 0 Å². The van der Waals surface area contributed by atoms with E-state index in [1.165, 1.54) is 64.2 Å². The Kier molecular flexibility index (Phi) is 8.96. The summed E-state index contributed by atoms with van der Waals surface area (Å²) < 4.78 is 14.2. The largest absolute Gasteiger partial charge is 0.392 e. The second-order valence-electron chi connectivity index (χ2n) is 10.2. The minimum absolute atomic E-state index is 0.0527. The summed E-state index contributed by atoms with van der Waals surface area (Å²) in [5.41, 5.74) is 0. The molecule has 2 rings (SSSR count). The summed E-state index contributed by atoms with van der Waals surface area (Å²) in [6, 6.07) is 0. The summed E-state index contributed by atoms with van der Waals surface area (Å²) in [5.74, 6) is 1.33. The van der Waals surface area contributed by atoms with Gasteiger partial charge in [-0.2, -0.15) is 0 Å². The number of alkyl halides is 1. The minimum atomic E-state index is -1.79. The molecule has 0 N–H and O–H groups in total. The van der Waals surface area contributed by atoms with Crippen molar-refractivity contribution in [3.8, 4) is 0 Å². The third-order valence-electron chi connectivity index (χ3n) is 7.08. The van der Waals surface area contributed by atoms with Crippen LogP contribution in [0.2, 0.25) is 18.1 Å². The van der Waals surface area contributed by atoms with E-state index in [1.807, 2.05) is 0 Å². The van der Waals surface area contributed by atoms with Crippen LogP contribution in [0.1, 0.15) is 91.9 Å². The van der Waals surface area contributed by atoms with Crippen LogP contribution in [0.3, 0.4) is 0 Å². The fraction of sp³-hybridized carbons (Fsp3) is 1.00. The number of halogens is 1. The fourth-order valence-electron chi connectivity index (χ4n) is 4.36. The molecule has 1 aliphatic carbocycles. The molecule has 5 atom stereocenters. The normalized spacial score (nSPS) is 32.7. The molecular formula is C22H43IO2Si. The third kappa shape index (κ3) is 5.93. The van der Waals surface area contributed by atoms with Crippen LogP contribution in [0, 0.1) is 11.8 Å². The van der Waals surface area contributed by atoms with Crippen LogP contribution < -0.4 is 0 Å². The van der Waals surface area contributed by atoms with Gasteiger partial charge in [0.25, 0.3) is 0 Å². The minimum Gasteiger partial charge on any atom is -0.392 e. The van der Waals surface area contributed by atoms with Gasteiger partial charge in [-0.05, 0) is 43.8 Å².